The molecule has 0 radical (unpaired) electrons. The number of benzene rings is 1. The van der Waals surface area contributed by atoms with Gasteiger partial charge in [-0.15, -0.1) is 0 Å². The molecule has 1 aliphatic heterocycles. The third-order valence-corrected chi connectivity index (χ3v) is 4.42. The Balaban J connectivity index is 1.42. The molecule has 1 amide bonds. The molecule has 0 atom stereocenters. The molecule has 2 aromatic rings. The largest absolute Gasteiger partial charge is 0.497 e. The summed E-state index contributed by atoms with van der Waals surface area (Å²) in [6.07, 6.45) is 1.90. The van der Waals surface area contributed by atoms with E-state index in [1.165, 1.54) is 5.69 Å². The number of rotatable bonds is 6. The topological polar surface area (TPSA) is 71.7 Å². The maximum absolute atomic E-state index is 12.3. The van der Waals surface area contributed by atoms with Gasteiger partial charge in [-0.2, -0.15) is 4.98 Å². The number of methoxy groups -OCH3 is 1. The molecule has 0 N–H and O–H groups in total. The summed E-state index contributed by atoms with van der Waals surface area (Å²) in [4.78, 5) is 20.7. The van der Waals surface area contributed by atoms with Crippen LogP contribution in [0.3, 0.4) is 0 Å². The molecule has 7 heteroatoms. The van der Waals surface area contributed by atoms with Crippen LogP contribution in [0.25, 0.3) is 0 Å². The summed E-state index contributed by atoms with van der Waals surface area (Å²) in [6.45, 7) is 5.00. The number of carbonyl (C=O) groups is 1. The van der Waals surface area contributed by atoms with E-state index in [1.54, 1.807) is 14.0 Å². The molecular weight excluding hydrogens is 320 g/mol. The van der Waals surface area contributed by atoms with Gasteiger partial charge >= 0.3 is 0 Å². The Bertz CT molecular complexity index is 691. The van der Waals surface area contributed by atoms with E-state index >= 15 is 0 Å². The van der Waals surface area contributed by atoms with E-state index in [1.807, 2.05) is 17.0 Å². The van der Waals surface area contributed by atoms with Crippen molar-refractivity contribution < 1.29 is 14.1 Å². The number of anilines is 1. The van der Waals surface area contributed by atoms with Crippen molar-refractivity contribution in [1.29, 1.82) is 0 Å². The molecule has 3 rings (SSSR count). The van der Waals surface area contributed by atoms with Crippen LogP contribution in [0.4, 0.5) is 5.69 Å². The zero-order valence-corrected chi connectivity index (χ0v) is 14.8. The van der Waals surface area contributed by atoms with Crippen LogP contribution in [-0.2, 0) is 11.2 Å². The van der Waals surface area contributed by atoms with Crippen molar-refractivity contribution in [2.75, 3.05) is 38.2 Å². The van der Waals surface area contributed by atoms with E-state index in [2.05, 4.69) is 27.2 Å². The molecule has 0 unspecified atom stereocenters. The number of hydrogen-bond acceptors (Lipinski definition) is 6. The number of aryl methyl sites for hydroxylation is 2. The first-order chi connectivity index (χ1) is 12.2. The zero-order valence-electron chi connectivity index (χ0n) is 14.8. The Morgan fingerprint density at radius 2 is 1.92 bits per heavy atom. The molecule has 1 saturated heterocycles. The van der Waals surface area contributed by atoms with Crippen LogP contribution in [0.2, 0.25) is 0 Å². The van der Waals surface area contributed by atoms with E-state index in [0.717, 1.165) is 38.3 Å². The Kier molecular flexibility index (Phi) is 5.53. The Morgan fingerprint density at radius 1 is 1.20 bits per heavy atom. The molecule has 25 heavy (non-hydrogen) atoms. The number of nitrogens with zero attached hydrogens (tertiary/aromatic N) is 4. The van der Waals surface area contributed by atoms with Gasteiger partial charge in [0.1, 0.15) is 5.75 Å². The number of carbonyl (C=O) groups excluding carboxylic acids is 1. The fraction of sp³-hybridized carbons (Fsp3) is 0.500. The van der Waals surface area contributed by atoms with Crippen LogP contribution in [0.1, 0.15) is 24.6 Å². The highest BCUT2D eigenvalue weighted by molar-refractivity contribution is 5.76. The van der Waals surface area contributed by atoms with Gasteiger partial charge in [0.05, 0.1) is 7.11 Å². The van der Waals surface area contributed by atoms with Crippen LogP contribution in [0.5, 0.6) is 5.75 Å². The lowest BCUT2D eigenvalue weighted by Gasteiger charge is -2.36. The summed E-state index contributed by atoms with van der Waals surface area (Å²) >= 11 is 0. The van der Waals surface area contributed by atoms with Gasteiger partial charge in [-0.1, -0.05) is 5.16 Å². The predicted octanol–water partition coefficient (Wildman–Crippen LogP) is 2.06. The summed E-state index contributed by atoms with van der Waals surface area (Å²) in [5.74, 6) is 2.30. The van der Waals surface area contributed by atoms with E-state index in [4.69, 9.17) is 9.26 Å². The summed E-state index contributed by atoms with van der Waals surface area (Å²) in [5.41, 5.74) is 1.17. The molecule has 1 aromatic carbocycles. The van der Waals surface area contributed by atoms with Crippen molar-refractivity contribution >= 4 is 11.6 Å². The third kappa shape index (κ3) is 4.49. The molecule has 0 saturated carbocycles. The van der Waals surface area contributed by atoms with Gasteiger partial charge in [0, 0.05) is 44.7 Å². The van der Waals surface area contributed by atoms with E-state index < -0.39 is 0 Å². The number of ether oxygens (including phenoxy) is 1. The average Bonchev–Trinajstić information content (AvgIpc) is 3.07. The molecule has 0 aliphatic carbocycles. The second-order valence-electron chi connectivity index (χ2n) is 6.15. The molecular formula is C18H24N4O3. The lowest BCUT2D eigenvalue weighted by Crippen LogP contribution is -2.48. The first-order valence-electron chi connectivity index (χ1n) is 8.61. The van der Waals surface area contributed by atoms with Crippen molar-refractivity contribution in [1.82, 2.24) is 15.0 Å². The van der Waals surface area contributed by atoms with Gasteiger partial charge in [-0.3, -0.25) is 4.79 Å². The third-order valence-electron chi connectivity index (χ3n) is 4.42. The van der Waals surface area contributed by atoms with Gasteiger partial charge in [-0.25, -0.2) is 0 Å². The molecule has 134 valence electrons. The normalized spacial score (nSPS) is 14.6. The maximum atomic E-state index is 12.3. The summed E-state index contributed by atoms with van der Waals surface area (Å²) in [7, 11) is 1.67. The molecule has 1 aromatic heterocycles. The smallest absolute Gasteiger partial charge is 0.226 e. The first-order valence-corrected chi connectivity index (χ1v) is 8.61. The SMILES string of the molecule is COc1ccc(N2CCN(C(=O)CCCc3nc(C)no3)CC2)cc1. The molecule has 7 nitrogen and oxygen atoms in total. The predicted molar refractivity (Wildman–Crippen MR) is 93.8 cm³/mol. The molecule has 0 spiro atoms. The lowest BCUT2D eigenvalue weighted by molar-refractivity contribution is -0.131. The fourth-order valence-electron chi connectivity index (χ4n) is 3.00. The zero-order chi connectivity index (χ0) is 17.6. The number of aromatic nitrogens is 2. The molecule has 1 aliphatic rings. The fourth-order valence-corrected chi connectivity index (χ4v) is 3.00. The van der Waals surface area contributed by atoms with Crippen LogP contribution < -0.4 is 9.64 Å². The molecule has 1 fully saturated rings. The van der Waals surface area contributed by atoms with Crippen molar-refractivity contribution in [2.24, 2.45) is 0 Å². The highest BCUT2D eigenvalue weighted by Crippen LogP contribution is 2.20. The molecule has 0 bridgehead atoms. The van der Waals surface area contributed by atoms with Crippen LogP contribution in [0.15, 0.2) is 28.8 Å². The molecule has 2 heterocycles. The van der Waals surface area contributed by atoms with E-state index in [0.29, 0.717) is 24.6 Å². The minimum atomic E-state index is 0.200. The van der Waals surface area contributed by atoms with Gasteiger partial charge in [-0.05, 0) is 37.6 Å². The monoisotopic (exact) mass is 344 g/mol. The number of hydrogen-bond donors (Lipinski definition) is 0. The van der Waals surface area contributed by atoms with Gasteiger partial charge < -0.3 is 19.1 Å². The average molecular weight is 344 g/mol. The Morgan fingerprint density at radius 3 is 2.52 bits per heavy atom. The Hall–Kier alpha value is -2.57. The minimum Gasteiger partial charge on any atom is -0.497 e. The Labute approximate surface area is 147 Å². The second kappa shape index (κ2) is 8.00. The maximum Gasteiger partial charge on any atom is 0.226 e. The van der Waals surface area contributed by atoms with Crippen molar-refractivity contribution in [3.05, 3.63) is 36.0 Å². The number of piperazine rings is 1. The first kappa shape index (κ1) is 17.3. The standard InChI is InChI=1S/C18H24N4O3/c1-14-19-17(25-20-14)4-3-5-18(23)22-12-10-21(11-13-22)15-6-8-16(24-2)9-7-15/h6-9H,3-5,10-13H2,1-2H3. The van der Waals surface area contributed by atoms with Crippen LogP contribution >= 0.6 is 0 Å². The van der Waals surface area contributed by atoms with Gasteiger partial charge in [0.25, 0.3) is 0 Å². The van der Waals surface area contributed by atoms with Gasteiger partial charge in [0.2, 0.25) is 11.8 Å². The summed E-state index contributed by atoms with van der Waals surface area (Å²) in [5, 5.41) is 3.76. The van der Waals surface area contributed by atoms with Crippen LogP contribution in [0, 0.1) is 6.92 Å². The van der Waals surface area contributed by atoms with Crippen LogP contribution in [-0.4, -0.2) is 54.2 Å². The highest BCUT2D eigenvalue weighted by Gasteiger charge is 2.21. The second-order valence-corrected chi connectivity index (χ2v) is 6.15. The van der Waals surface area contributed by atoms with Crippen molar-refractivity contribution in [3.8, 4) is 5.75 Å². The van der Waals surface area contributed by atoms with Crippen molar-refractivity contribution in [2.45, 2.75) is 26.2 Å². The van der Waals surface area contributed by atoms with Crippen molar-refractivity contribution in [3.63, 3.8) is 0 Å². The minimum absolute atomic E-state index is 0.200. The lowest BCUT2D eigenvalue weighted by atomic mass is 10.2. The quantitative estimate of drug-likeness (QED) is 0.799. The van der Waals surface area contributed by atoms with E-state index in [9.17, 15) is 4.79 Å². The highest BCUT2D eigenvalue weighted by atomic mass is 16.5. The summed E-state index contributed by atoms with van der Waals surface area (Å²) in [6, 6.07) is 8.05. The number of amides is 1. The van der Waals surface area contributed by atoms with E-state index in [-0.39, 0.29) is 5.91 Å². The summed E-state index contributed by atoms with van der Waals surface area (Å²) < 4.78 is 10.3. The van der Waals surface area contributed by atoms with Gasteiger partial charge in [0.15, 0.2) is 5.82 Å².